The molecule has 2 heterocycles. The number of esters is 1. The lowest BCUT2D eigenvalue weighted by Gasteiger charge is -2.17. The van der Waals surface area contributed by atoms with E-state index in [-0.39, 0.29) is 31.2 Å². The van der Waals surface area contributed by atoms with Gasteiger partial charge in [0.15, 0.2) is 6.73 Å². The van der Waals surface area contributed by atoms with Gasteiger partial charge in [0.05, 0.1) is 11.3 Å². The van der Waals surface area contributed by atoms with Crippen LogP contribution in [0.3, 0.4) is 0 Å². The lowest BCUT2D eigenvalue weighted by molar-refractivity contribution is -0.152. The Balaban J connectivity index is 1.42. The number of benzene rings is 2. The van der Waals surface area contributed by atoms with Crippen molar-refractivity contribution in [1.82, 2.24) is 15.0 Å². The number of nitrogens with zero attached hydrogens (tertiary/aromatic N) is 4. The van der Waals surface area contributed by atoms with Crippen molar-refractivity contribution in [1.29, 1.82) is 0 Å². The number of fused-ring (bicyclic) bond motifs is 1. The summed E-state index contributed by atoms with van der Waals surface area (Å²) in [6.45, 7) is 1.97. The molecule has 1 saturated heterocycles. The van der Waals surface area contributed by atoms with Gasteiger partial charge in [-0.15, -0.1) is 5.10 Å². The Morgan fingerprint density at radius 3 is 2.66 bits per heavy atom. The molecule has 8 nitrogen and oxygen atoms in total. The van der Waals surface area contributed by atoms with Crippen LogP contribution in [-0.2, 0) is 27.5 Å². The van der Waals surface area contributed by atoms with Gasteiger partial charge in [0.1, 0.15) is 5.52 Å². The maximum atomic E-state index is 12.5. The van der Waals surface area contributed by atoms with Crippen LogP contribution < -0.4 is 10.5 Å². The fraction of sp³-hybridized carbons (Fsp3) is 0.286. The highest BCUT2D eigenvalue weighted by atomic mass is 16.5. The molecular weight excluding hydrogens is 372 g/mol. The molecule has 3 aromatic rings. The summed E-state index contributed by atoms with van der Waals surface area (Å²) in [7, 11) is 0. The molecular formula is C21H20N4O4. The molecule has 0 bridgehead atoms. The number of aryl methyl sites for hydroxylation is 1. The second-order valence-electron chi connectivity index (χ2n) is 6.93. The zero-order valence-electron chi connectivity index (χ0n) is 15.9. The smallest absolute Gasteiger partial charge is 0.313 e. The molecule has 0 unspecified atom stereocenters. The van der Waals surface area contributed by atoms with E-state index >= 15 is 0 Å². The third-order valence-corrected chi connectivity index (χ3v) is 5.07. The van der Waals surface area contributed by atoms with Crippen LogP contribution in [0.4, 0.5) is 5.69 Å². The number of aromatic nitrogens is 3. The molecule has 1 aromatic heterocycles. The fourth-order valence-electron chi connectivity index (χ4n) is 3.38. The first-order valence-electron chi connectivity index (χ1n) is 9.45. The van der Waals surface area contributed by atoms with E-state index in [4.69, 9.17) is 4.74 Å². The Hall–Kier alpha value is -3.55. The van der Waals surface area contributed by atoms with E-state index in [0.29, 0.717) is 10.9 Å². The topological polar surface area (TPSA) is 94.4 Å². The van der Waals surface area contributed by atoms with E-state index in [1.165, 1.54) is 5.56 Å². The summed E-state index contributed by atoms with van der Waals surface area (Å²) in [5.41, 5.74) is 2.03. The van der Waals surface area contributed by atoms with Gasteiger partial charge in [0, 0.05) is 18.7 Å². The van der Waals surface area contributed by atoms with Gasteiger partial charge in [0.2, 0.25) is 5.91 Å². The summed E-state index contributed by atoms with van der Waals surface area (Å²) in [6, 6.07) is 14.5. The average molecular weight is 392 g/mol. The van der Waals surface area contributed by atoms with Gasteiger partial charge in [-0.2, -0.15) is 4.68 Å². The van der Waals surface area contributed by atoms with Crippen molar-refractivity contribution in [3.8, 4) is 0 Å². The molecule has 0 saturated carbocycles. The highest BCUT2D eigenvalue weighted by Gasteiger charge is 2.36. The summed E-state index contributed by atoms with van der Waals surface area (Å²) in [4.78, 5) is 38.8. The zero-order valence-corrected chi connectivity index (χ0v) is 15.9. The van der Waals surface area contributed by atoms with Gasteiger partial charge in [-0.05, 0) is 36.2 Å². The van der Waals surface area contributed by atoms with Crippen molar-refractivity contribution in [2.24, 2.45) is 5.92 Å². The third-order valence-electron chi connectivity index (χ3n) is 5.07. The highest BCUT2D eigenvalue weighted by molar-refractivity contribution is 5.99. The number of hydrogen-bond donors (Lipinski definition) is 0. The Morgan fingerprint density at radius 2 is 1.90 bits per heavy atom. The quantitative estimate of drug-likeness (QED) is 0.616. The lowest BCUT2D eigenvalue weighted by Crippen LogP contribution is -2.29. The maximum Gasteiger partial charge on any atom is 0.313 e. The molecule has 1 atom stereocenters. The number of carbonyl (C=O) groups is 2. The molecule has 0 spiro atoms. The third kappa shape index (κ3) is 3.73. The van der Waals surface area contributed by atoms with Gasteiger partial charge in [0.25, 0.3) is 5.56 Å². The molecule has 0 aliphatic carbocycles. The first-order valence-corrected chi connectivity index (χ1v) is 9.45. The van der Waals surface area contributed by atoms with Crippen molar-refractivity contribution in [2.45, 2.75) is 26.5 Å². The zero-order chi connectivity index (χ0) is 20.4. The Kier molecular flexibility index (Phi) is 5.07. The van der Waals surface area contributed by atoms with E-state index in [9.17, 15) is 14.4 Å². The first-order chi connectivity index (χ1) is 14.1. The van der Waals surface area contributed by atoms with Crippen LogP contribution in [0.5, 0.6) is 0 Å². The van der Waals surface area contributed by atoms with Gasteiger partial charge in [-0.1, -0.05) is 36.4 Å². The molecule has 0 radical (unpaired) electrons. The normalized spacial score (nSPS) is 16.4. The Bertz CT molecular complexity index is 1120. The van der Waals surface area contributed by atoms with Crippen LogP contribution in [0, 0.1) is 5.92 Å². The van der Waals surface area contributed by atoms with Gasteiger partial charge in [-0.3, -0.25) is 14.4 Å². The van der Waals surface area contributed by atoms with Crippen molar-refractivity contribution in [3.05, 3.63) is 64.4 Å². The molecule has 2 aromatic carbocycles. The van der Waals surface area contributed by atoms with Gasteiger partial charge >= 0.3 is 5.97 Å². The van der Waals surface area contributed by atoms with E-state index in [1.54, 1.807) is 29.2 Å². The Morgan fingerprint density at radius 1 is 1.14 bits per heavy atom. The summed E-state index contributed by atoms with van der Waals surface area (Å²) >= 11 is 0. The van der Waals surface area contributed by atoms with E-state index in [0.717, 1.165) is 16.8 Å². The minimum Gasteiger partial charge on any atom is -0.442 e. The average Bonchev–Trinajstić information content (AvgIpc) is 3.15. The van der Waals surface area contributed by atoms with Crippen LogP contribution in [0.25, 0.3) is 10.9 Å². The molecule has 0 N–H and O–H groups in total. The largest absolute Gasteiger partial charge is 0.442 e. The van der Waals surface area contributed by atoms with E-state index in [2.05, 4.69) is 17.2 Å². The lowest BCUT2D eigenvalue weighted by atomic mass is 10.1. The number of ether oxygens (including phenoxy) is 1. The molecule has 1 amide bonds. The molecule has 1 aliphatic rings. The molecule has 1 aliphatic heterocycles. The Labute approximate surface area is 166 Å². The van der Waals surface area contributed by atoms with Gasteiger partial charge in [-0.25, -0.2) is 0 Å². The predicted molar refractivity (Wildman–Crippen MR) is 106 cm³/mol. The summed E-state index contributed by atoms with van der Waals surface area (Å²) in [5, 5.41) is 8.15. The highest BCUT2D eigenvalue weighted by Crippen LogP contribution is 2.26. The second kappa shape index (κ2) is 7.83. The van der Waals surface area contributed by atoms with Crippen LogP contribution in [-0.4, -0.2) is 33.4 Å². The minimum atomic E-state index is -0.586. The van der Waals surface area contributed by atoms with Crippen LogP contribution in [0.2, 0.25) is 0 Å². The number of amides is 1. The van der Waals surface area contributed by atoms with E-state index in [1.807, 2.05) is 24.3 Å². The van der Waals surface area contributed by atoms with E-state index < -0.39 is 11.9 Å². The van der Waals surface area contributed by atoms with Crippen LogP contribution in [0.1, 0.15) is 18.9 Å². The van der Waals surface area contributed by atoms with Gasteiger partial charge < -0.3 is 9.64 Å². The van der Waals surface area contributed by atoms with Crippen molar-refractivity contribution in [2.75, 3.05) is 11.4 Å². The second-order valence-corrected chi connectivity index (χ2v) is 6.93. The SMILES string of the molecule is CCc1ccc(N2C[C@@H](C(=O)OCn3nnc4ccccc4c3=O)CC2=O)cc1. The number of anilines is 1. The fourth-order valence-corrected chi connectivity index (χ4v) is 3.38. The number of hydrogen-bond acceptors (Lipinski definition) is 6. The monoisotopic (exact) mass is 392 g/mol. The number of rotatable bonds is 5. The molecule has 8 heteroatoms. The molecule has 1 fully saturated rings. The maximum absolute atomic E-state index is 12.5. The van der Waals surface area contributed by atoms with Crippen molar-refractivity contribution < 1.29 is 14.3 Å². The minimum absolute atomic E-state index is 0.0761. The predicted octanol–water partition coefficient (Wildman–Crippen LogP) is 1.91. The molecule has 4 rings (SSSR count). The summed E-state index contributed by atoms with van der Waals surface area (Å²) < 4.78 is 6.25. The summed E-state index contributed by atoms with van der Waals surface area (Å²) in [5.74, 6) is -1.25. The van der Waals surface area contributed by atoms with Crippen LogP contribution in [0.15, 0.2) is 53.3 Å². The standard InChI is InChI=1S/C21H20N4O4/c1-2-14-7-9-16(10-8-14)24-12-15(11-19(24)26)21(28)29-13-25-20(27)17-5-3-4-6-18(17)22-23-25/h3-10,15H,2,11-13H2,1H3/t15-/m0/s1. The van der Waals surface area contributed by atoms with Crippen LogP contribution >= 0.6 is 0 Å². The summed E-state index contributed by atoms with van der Waals surface area (Å²) in [6.07, 6.45) is 0.993. The number of carbonyl (C=O) groups excluding carboxylic acids is 2. The molecule has 148 valence electrons. The van der Waals surface area contributed by atoms with Crippen molar-refractivity contribution in [3.63, 3.8) is 0 Å². The molecule has 29 heavy (non-hydrogen) atoms. The first kappa shape index (κ1) is 18.8. The van der Waals surface area contributed by atoms with Crippen molar-refractivity contribution >= 4 is 28.5 Å².